The molecule has 0 aliphatic heterocycles. The molecule has 2 aromatic heterocycles. The van der Waals surface area contributed by atoms with Crippen LogP contribution in [-0.2, 0) is 11.3 Å². The van der Waals surface area contributed by atoms with Gasteiger partial charge in [-0.2, -0.15) is 5.10 Å². The molecule has 0 atom stereocenters. The van der Waals surface area contributed by atoms with E-state index in [2.05, 4.69) is 15.5 Å². The number of amides is 1. The predicted octanol–water partition coefficient (Wildman–Crippen LogP) is -0.292. The number of hydrogen-bond acceptors (Lipinski definition) is 4. The molecular weight excluding hydrogens is 246 g/mol. The van der Waals surface area contributed by atoms with E-state index in [-0.39, 0.29) is 24.1 Å². The molecule has 1 aliphatic rings. The van der Waals surface area contributed by atoms with Gasteiger partial charge in [0.2, 0.25) is 5.91 Å². The number of hydrogen-bond donors (Lipinski definition) is 1. The van der Waals surface area contributed by atoms with Gasteiger partial charge < -0.3 is 5.32 Å². The number of rotatable bonds is 4. The maximum Gasteiger partial charge on any atom is 0.267 e. The van der Waals surface area contributed by atoms with Crippen molar-refractivity contribution in [1.29, 1.82) is 0 Å². The summed E-state index contributed by atoms with van der Waals surface area (Å²) in [6.45, 7) is -0.0650. The van der Waals surface area contributed by atoms with Crippen LogP contribution in [0, 0.1) is 0 Å². The van der Waals surface area contributed by atoms with E-state index in [0.29, 0.717) is 5.82 Å². The maximum atomic E-state index is 11.7. The molecule has 2 aromatic rings. The summed E-state index contributed by atoms with van der Waals surface area (Å²) in [5.74, 6) is 0.318. The fraction of sp³-hybridized carbons (Fsp3) is 0.333. The highest BCUT2D eigenvalue weighted by atomic mass is 16.2. The van der Waals surface area contributed by atoms with Crippen molar-refractivity contribution in [2.24, 2.45) is 0 Å². The Balaban J connectivity index is 1.81. The Morgan fingerprint density at radius 2 is 2.26 bits per heavy atom. The van der Waals surface area contributed by atoms with Gasteiger partial charge in [-0.3, -0.25) is 9.59 Å². The number of nitrogens with zero attached hydrogens (tertiary/aromatic N) is 4. The average molecular weight is 259 g/mol. The van der Waals surface area contributed by atoms with Crippen molar-refractivity contribution in [2.45, 2.75) is 25.4 Å². The molecule has 1 amide bonds. The molecule has 98 valence electrons. The molecule has 0 saturated heterocycles. The van der Waals surface area contributed by atoms with E-state index in [9.17, 15) is 9.59 Å². The highest BCUT2D eigenvalue weighted by Gasteiger charge is 2.23. The second-order valence-electron chi connectivity index (χ2n) is 4.48. The zero-order chi connectivity index (χ0) is 13.2. The highest BCUT2D eigenvalue weighted by Crippen LogP contribution is 2.18. The molecule has 3 rings (SSSR count). The third-order valence-electron chi connectivity index (χ3n) is 2.83. The van der Waals surface area contributed by atoms with Gasteiger partial charge in [0.1, 0.15) is 6.54 Å². The molecule has 7 nitrogen and oxygen atoms in total. The van der Waals surface area contributed by atoms with E-state index in [0.717, 1.165) is 17.5 Å². The Labute approximate surface area is 108 Å². The summed E-state index contributed by atoms with van der Waals surface area (Å²) in [7, 11) is 0. The van der Waals surface area contributed by atoms with Crippen LogP contribution in [0.25, 0.3) is 5.82 Å². The standard InChI is InChI=1S/C12H13N5O2/c18-11(14-9-2-3-9)8-17-12(19)5-4-10(15-17)16-7-1-6-13-16/h1,4-7,9H,2-3,8H2,(H,14,18). The van der Waals surface area contributed by atoms with Crippen LogP contribution in [-0.4, -0.2) is 31.5 Å². The van der Waals surface area contributed by atoms with Crippen molar-refractivity contribution in [3.05, 3.63) is 40.9 Å². The van der Waals surface area contributed by atoms with Gasteiger partial charge in [0.05, 0.1) is 0 Å². The minimum absolute atomic E-state index is 0.0650. The largest absolute Gasteiger partial charge is 0.352 e. The summed E-state index contributed by atoms with van der Waals surface area (Å²) < 4.78 is 2.68. The molecule has 0 bridgehead atoms. The summed E-state index contributed by atoms with van der Waals surface area (Å²) in [6, 6.07) is 4.99. The van der Waals surface area contributed by atoms with Crippen molar-refractivity contribution in [3.8, 4) is 5.82 Å². The average Bonchev–Trinajstić information content (AvgIpc) is 3.03. The third-order valence-corrected chi connectivity index (χ3v) is 2.83. The van der Waals surface area contributed by atoms with E-state index in [1.807, 2.05) is 0 Å². The lowest BCUT2D eigenvalue weighted by Crippen LogP contribution is -2.34. The number of carbonyl (C=O) groups excluding carboxylic acids is 1. The minimum atomic E-state index is -0.304. The maximum absolute atomic E-state index is 11.7. The van der Waals surface area contributed by atoms with Gasteiger partial charge in [-0.05, 0) is 25.0 Å². The Morgan fingerprint density at radius 3 is 2.95 bits per heavy atom. The lowest BCUT2D eigenvalue weighted by Gasteiger charge is -2.07. The minimum Gasteiger partial charge on any atom is -0.352 e. The van der Waals surface area contributed by atoms with Crippen LogP contribution in [0.4, 0.5) is 0 Å². The van der Waals surface area contributed by atoms with Crippen molar-refractivity contribution >= 4 is 5.91 Å². The molecule has 0 spiro atoms. The Bertz CT molecular complexity index is 642. The van der Waals surface area contributed by atoms with Crippen LogP contribution in [0.2, 0.25) is 0 Å². The van der Waals surface area contributed by atoms with Crippen molar-refractivity contribution in [3.63, 3.8) is 0 Å². The van der Waals surface area contributed by atoms with Crippen LogP contribution in [0.15, 0.2) is 35.4 Å². The zero-order valence-electron chi connectivity index (χ0n) is 10.2. The number of aromatic nitrogens is 4. The normalized spacial score (nSPS) is 14.3. The fourth-order valence-corrected chi connectivity index (χ4v) is 1.71. The zero-order valence-corrected chi connectivity index (χ0v) is 10.2. The van der Waals surface area contributed by atoms with Crippen molar-refractivity contribution < 1.29 is 4.79 Å². The smallest absolute Gasteiger partial charge is 0.267 e. The van der Waals surface area contributed by atoms with Gasteiger partial charge in [0, 0.05) is 24.5 Å². The molecule has 7 heteroatoms. The molecule has 1 N–H and O–H groups in total. The molecular formula is C12H13N5O2. The second-order valence-corrected chi connectivity index (χ2v) is 4.48. The number of nitrogens with one attached hydrogen (secondary N) is 1. The first-order valence-electron chi connectivity index (χ1n) is 6.10. The molecule has 0 radical (unpaired) electrons. The van der Waals surface area contributed by atoms with Crippen molar-refractivity contribution in [1.82, 2.24) is 24.9 Å². The van der Waals surface area contributed by atoms with Gasteiger partial charge in [0.25, 0.3) is 5.56 Å². The van der Waals surface area contributed by atoms with Crippen LogP contribution in [0.1, 0.15) is 12.8 Å². The van der Waals surface area contributed by atoms with E-state index < -0.39 is 0 Å². The lowest BCUT2D eigenvalue weighted by molar-refractivity contribution is -0.122. The van der Waals surface area contributed by atoms with Crippen LogP contribution >= 0.6 is 0 Å². The quantitative estimate of drug-likeness (QED) is 0.817. The topological polar surface area (TPSA) is 81.8 Å². The van der Waals surface area contributed by atoms with Crippen LogP contribution < -0.4 is 10.9 Å². The first-order chi connectivity index (χ1) is 9.22. The van der Waals surface area contributed by atoms with Crippen molar-refractivity contribution in [2.75, 3.05) is 0 Å². The van der Waals surface area contributed by atoms with Gasteiger partial charge >= 0.3 is 0 Å². The molecule has 1 saturated carbocycles. The van der Waals surface area contributed by atoms with Gasteiger partial charge in [-0.15, -0.1) is 5.10 Å². The van der Waals surface area contributed by atoms with E-state index in [4.69, 9.17) is 0 Å². The molecule has 1 aliphatic carbocycles. The SMILES string of the molecule is O=C(Cn1nc(-n2cccn2)ccc1=O)NC1CC1. The Kier molecular flexibility index (Phi) is 2.86. The summed E-state index contributed by atoms with van der Waals surface area (Å²) in [6.07, 6.45) is 5.38. The highest BCUT2D eigenvalue weighted by molar-refractivity contribution is 5.76. The summed E-state index contributed by atoms with van der Waals surface area (Å²) in [5, 5.41) is 11.0. The first kappa shape index (κ1) is 11.6. The predicted molar refractivity (Wildman–Crippen MR) is 66.8 cm³/mol. The van der Waals surface area contributed by atoms with Gasteiger partial charge in [-0.25, -0.2) is 9.36 Å². The molecule has 19 heavy (non-hydrogen) atoms. The monoisotopic (exact) mass is 259 g/mol. The molecule has 0 unspecified atom stereocenters. The molecule has 2 heterocycles. The third kappa shape index (κ3) is 2.70. The van der Waals surface area contributed by atoms with E-state index >= 15 is 0 Å². The van der Waals surface area contributed by atoms with Crippen LogP contribution in [0.3, 0.4) is 0 Å². The molecule has 1 fully saturated rings. The molecule has 0 aromatic carbocycles. The summed E-state index contributed by atoms with van der Waals surface area (Å²) in [4.78, 5) is 23.3. The Morgan fingerprint density at radius 1 is 1.42 bits per heavy atom. The first-order valence-corrected chi connectivity index (χ1v) is 6.10. The van der Waals surface area contributed by atoms with Crippen LogP contribution in [0.5, 0.6) is 0 Å². The van der Waals surface area contributed by atoms with Gasteiger partial charge in [-0.1, -0.05) is 0 Å². The van der Waals surface area contributed by atoms with E-state index in [1.54, 1.807) is 24.5 Å². The van der Waals surface area contributed by atoms with E-state index in [1.165, 1.54) is 10.7 Å². The summed E-state index contributed by atoms with van der Waals surface area (Å²) in [5.41, 5.74) is -0.304. The van der Waals surface area contributed by atoms with Gasteiger partial charge in [0.15, 0.2) is 5.82 Å². The summed E-state index contributed by atoms with van der Waals surface area (Å²) >= 11 is 0. The second kappa shape index (κ2) is 4.68. The lowest BCUT2D eigenvalue weighted by atomic mass is 10.5. The Hall–Kier alpha value is -2.44. The number of carbonyl (C=O) groups is 1. The fourth-order valence-electron chi connectivity index (χ4n) is 1.71.